The second-order valence-corrected chi connectivity index (χ2v) is 9.58. The monoisotopic (exact) mass is 584 g/mol. The average molecular weight is 584 g/mol. The SMILES string of the molecule is CCC[C@H](NC(=O)OCC1c2ccccc2-c2ccccc21)C(=O)Nc1cc(I)cc(C(=O)O)c1. The molecule has 8 heteroatoms. The van der Waals surface area contributed by atoms with Crippen LogP contribution in [0.25, 0.3) is 11.1 Å². The molecule has 0 saturated carbocycles. The van der Waals surface area contributed by atoms with Crippen molar-refractivity contribution in [1.82, 2.24) is 5.32 Å². The summed E-state index contributed by atoms with van der Waals surface area (Å²) in [5.74, 6) is -1.59. The number of carboxylic acids is 1. The van der Waals surface area contributed by atoms with E-state index in [2.05, 4.69) is 22.8 Å². The molecular formula is C27H25IN2O5. The number of carboxylic acid groups (broad SMARTS) is 1. The molecule has 3 N–H and O–H groups in total. The highest BCUT2D eigenvalue weighted by molar-refractivity contribution is 14.1. The van der Waals surface area contributed by atoms with Crippen LogP contribution < -0.4 is 10.6 Å². The van der Waals surface area contributed by atoms with E-state index in [0.717, 1.165) is 22.3 Å². The smallest absolute Gasteiger partial charge is 0.407 e. The van der Waals surface area contributed by atoms with Gasteiger partial charge >= 0.3 is 12.1 Å². The van der Waals surface area contributed by atoms with Crippen LogP contribution in [0.1, 0.15) is 47.2 Å². The highest BCUT2D eigenvalue weighted by Gasteiger charge is 2.29. The van der Waals surface area contributed by atoms with E-state index in [1.807, 2.05) is 65.9 Å². The maximum Gasteiger partial charge on any atom is 0.407 e. The van der Waals surface area contributed by atoms with Crippen LogP contribution in [0.4, 0.5) is 10.5 Å². The van der Waals surface area contributed by atoms with Crippen molar-refractivity contribution in [2.45, 2.75) is 31.7 Å². The highest BCUT2D eigenvalue weighted by Crippen LogP contribution is 2.44. The lowest BCUT2D eigenvalue weighted by Gasteiger charge is -2.19. The fourth-order valence-corrected chi connectivity index (χ4v) is 5.03. The molecule has 3 aromatic carbocycles. The topological polar surface area (TPSA) is 105 Å². The Balaban J connectivity index is 1.42. The van der Waals surface area contributed by atoms with Gasteiger partial charge in [-0.15, -0.1) is 0 Å². The lowest BCUT2D eigenvalue weighted by molar-refractivity contribution is -0.118. The minimum Gasteiger partial charge on any atom is -0.478 e. The van der Waals surface area contributed by atoms with E-state index in [0.29, 0.717) is 22.1 Å². The fraction of sp³-hybridized carbons (Fsp3) is 0.222. The third-order valence-corrected chi connectivity index (χ3v) is 6.56. The molecule has 1 aliphatic rings. The molecular weight excluding hydrogens is 559 g/mol. The number of amides is 2. The Bertz CT molecular complexity index is 1230. The normalized spacial score (nSPS) is 12.9. The average Bonchev–Trinajstić information content (AvgIpc) is 3.16. The molecule has 0 saturated heterocycles. The third-order valence-electron chi connectivity index (χ3n) is 5.94. The zero-order valence-corrected chi connectivity index (χ0v) is 21.2. The van der Waals surface area contributed by atoms with Gasteiger partial charge in [-0.1, -0.05) is 61.9 Å². The molecule has 1 aliphatic carbocycles. The van der Waals surface area contributed by atoms with Gasteiger partial charge in [0, 0.05) is 15.2 Å². The summed E-state index contributed by atoms with van der Waals surface area (Å²) in [6.45, 7) is 2.06. The number of halogens is 1. The van der Waals surface area contributed by atoms with Crippen molar-refractivity contribution >= 4 is 46.2 Å². The molecule has 0 fully saturated rings. The number of hydrogen-bond donors (Lipinski definition) is 3. The number of anilines is 1. The quantitative estimate of drug-likeness (QED) is 0.298. The molecule has 0 bridgehead atoms. The molecule has 0 aliphatic heterocycles. The number of rotatable bonds is 8. The Morgan fingerprint density at radius 1 is 1.00 bits per heavy atom. The van der Waals surface area contributed by atoms with Gasteiger partial charge in [-0.2, -0.15) is 0 Å². The van der Waals surface area contributed by atoms with Crippen LogP contribution >= 0.6 is 22.6 Å². The van der Waals surface area contributed by atoms with E-state index >= 15 is 0 Å². The minimum absolute atomic E-state index is 0.0729. The Morgan fingerprint density at radius 2 is 1.63 bits per heavy atom. The summed E-state index contributed by atoms with van der Waals surface area (Å²) in [6, 6.07) is 19.9. The van der Waals surface area contributed by atoms with E-state index < -0.39 is 24.0 Å². The van der Waals surface area contributed by atoms with Crippen LogP contribution in [0.15, 0.2) is 66.7 Å². The number of hydrogen-bond acceptors (Lipinski definition) is 4. The van der Waals surface area contributed by atoms with Gasteiger partial charge in [0.1, 0.15) is 12.6 Å². The number of fused-ring (bicyclic) bond motifs is 3. The molecule has 7 nitrogen and oxygen atoms in total. The summed E-state index contributed by atoms with van der Waals surface area (Å²) in [5.41, 5.74) is 4.92. The van der Waals surface area contributed by atoms with Crippen molar-refractivity contribution in [3.05, 3.63) is 87.0 Å². The van der Waals surface area contributed by atoms with Crippen molar-refractivity contribution in [1.29, 1.82) is 0 Å². The maximum absolute atomic E-state index is 12.9. The molecule has 4 rings (SSSR count). The Kier molecular flexibility index (Phi) is 7.70. The van der Waals surface area contributed by atoms with Gasteiger partial charge in [0.2, 0.25) is 5.91 Å². The Morgan fingerprint density at radius 3 is 2.23 bits per heavy atom. The highest BCUT2D eigenvalue weighted by atomic mass is 127. The molecule has 3 aromatic rings. The summed E-state index contributed by atoms with van der Waals surface area (Å²) in [4.78, 5) is 36.9. The van der Waals surface area contributed by atoms with Gasteiger partial charge in [0.15, 0.2) is 0 Å². The molecule has 0 heterocycles. The second kappa shape index (κ2) is 10.9. The summed E-state index contributed by atoms with van der Waals surface area (Å²) >= 11 is 1.99. The zero-order chi connectivity index (χ0) is 24.9. The summed E-state index contributed by atoms with van der Waals surface area (Å²) in [6.07, 6.45) is 0.398. The van der Waals surface area contributed by atoms with Crippen molar-refractivity contribution < 1.29 is 24.2 Å². The molecule has 0 aromatic heterocycles. The minimum atomic E-state index is -1.08. The predicted octanol–water partition coefficient (Wildman–Crippen LogP) is 5.64. The molecule has 180 valence electrons. The lowest BCUT2D eigenvalue weighted by Crippen LogP contribution is -2.44. The van der Waals surface area contributed by atoms with Gasteiger partial charge in [-0.25, -0.2) is 9.59 Å². The second-order valence-electron chi connectivity index (χ2n) is 8.33. The summed E-state index contributed by atoms with van der Waals surface area (Å²) in [7, 11) is 0. The first-order valence-electron chi connectivity index (χ1n) is 11.3. The van der Waals surface area contributed by atoms with Crippen LogP contribution in [-0.4, -0.2) is 35.7 Å². The van der Waals surface area contributed by atoms with Crippen molar-refractivity contribution in [2.24, 2.45) is 0 Å². The first-order valence-corrected chi connectivity index (χ1v) is 12.4. The molecule has 0 unspecified atom stereocenters. The van der Waals surface area contributed by atoms with Crippen molar-refractivity contribution in [2.75, 3.05) is 11.9 Å². The zero-order valence-electron chi connectivity index (χ0n) is 19.1. The molecule has 2 amide bonds. The largest absolute Gasteiger partial charge is 0.478 e. The van der Waals surface area contributed by atoms with Gasteiger partial charge in [0.25, 0.3) is 0 Å². The van der Waals surface area contributed by atoms with Crippen LogP contribution in [0, 0.1) is 3.57 Å². The summed E-state index contributed by atoms with van der Waals surface area (Å²) < 4.78 is 6.25. The number of alkyl carbamates (subject to hydrolysis) is 1. The van der Waals surface area contributed by atoms with E-state index in [9.17, 15) is 19.5 Å². The third kappa shape index (κ3) is 5.64. The Labute approximate surface area is 217 Å². The van der Waals surface area contributed by atoms with Crippen LogP contribution in [-0.2, 0) is 9.53 Å². The first kappa shape index (κ1) is 24.7. The van der Waals surface area contributed by atoms with Crippen molar-refractivity contribution in [3.8, 4) is 11.1 Å². The van der Waals surface area contributed by atoms with Gasteiger partial charge < -0.3 is 20.5 Å². The predicted molar refractivity (Wildman–Crippen MR) is 142 cm³/mol. The van der Waals surface area contributed by atoms with Gasteiger partial charge in [0.05, 0.1) is 5.56 Å². The first-order chi connectivity index (χ1) is 16.9. The van der Waals surface area contributed by atoms with Crippen molar-refractivity contribution in [3.63, 3.8) is 0 Å². The lowest BCUT2D eigenvalue weighted by atomic mass is 9.98. The number of carbonyl (C=O) groups is 3. The number of ether oxygens (including phenoxy) is 1. The number of benzene rings is 3. The van der Waals surface area contributed by atoms with Crippen LogP contribution in [0.3, 0.4) is 0 Å². The standard InChI is InChI=1S/C27H25IN2O5/c1-2-7-24(25(31)29-18-13-16(26(32)33)12-17(28)14-18)30-27(34)35-15-23-21-10-5-3-8-19(21)20-9-4-6-11-22(20)23/h3-6,8-14,23-24H,2,7,15H2,1H3,(H,29,31)(H,30,34)(H,32,33)/t24-/m0/s1. The Hall–Kier alpha value is -3.40. The summed E-state index contributed by atoms with van der Waals surface area (Å²) in [5, 5.41) is 14.6. The van der Waals surface area contributed by atoms with E-state index in [4.69, 9.17) is 4.74 Å². The fourth-order valence-electron chi connectivity index (χ4n) is 4.35. The number of carbonyl (C=O) groups excluding carboxylic acids is 2. The van der Waals surface area contributed by atoms with E-state index in [-0.39, 0.29) is 18.1 Å². The number of aromatic carboxylic acids is 1. The molecule has 0 radical (unpaired) electrons. The number of nitrogens with one attached hydrogen (secondary N) is 2. The van der Waals surface area contributed by atoms with Crippen LogP contribution in [0.5, 0.6) is 0 Å². The van der Waals surface area contributed by atoms with Gasteiger partial charge in [-0.3, -0.25) is 4.79 Å². The van der Waals surface area contributed by atoms with Crippen LogP contribution in [0.2, 0.25) is 0 Å². The van der Waals surface area contributed by atoms with E-state index in [1.54, 1.807) is 6.07 Å². The maximum atomic E-state index is 12.9. The van der Waals surface area contributed by atoms with E-state index in [1.165, 1.54) is 12.1 Å². The molecule has 35 heavy (non-hydrogen) atoms. The molecule has 0 spiro atoms. The molecule has 1 atom stereocenters. The van der Waals surface area contributed by atoms with Gasteiger partial charge in [-0.05, 0) is 69.5 Å².